The molecule has 3 heterocycles. The molecule has 0 amide bonds. The molecular weight excluding hydrogens is 384 g/mol. The highest BCUT2D eigenvalue weighted by Gasteiger charge is 2.17. The summed E-state index contributed by atoms with van der Waals surface area (Å²) in [4.78, 5) is 16.0. The molecule has 0 N–H and O–H groups in total. The molecule has 0 radical (unpaired) electrons. The number of hydrogen-bond donors (Lipinski definition) is 0. The maximum atomic E-state index is 5.29. The number of anilines is 3. The van der Waals surface area contributed by atoms with Crippen LogP contribution in [-0.2, 0) is 0 Å². The lowest BCUT2D eigenvalue weighted by Gasteiger charge is -2.24. The molecule has 5 nitrogen and oxygen atoms in total. The van der Waals surface area contributed by atoms with E-state index < -0.39 is 0 Å². The third kappa shape index (κ3) is 3.69. The second-order valence-corrected chi connectivity index (χ2v) is 7.01. The Morgan fingerprint density at radius 3 is 2.00 bits per heavy atom. The van der Waals surface area contributed by atoms with Crippen molar-refractivity contribution >= 4 is 28.2 Å². The van der Waals surface area contributed by atoms with Crippen molar-refractivity contribution in [2.45, 2.75) is 0 Å². The van der Waals surface area contributed by atoms with E-state index in [1.54, 1.807) is 19.5 Å². The van der Waals surface area contributed by atoms with Crippen molar-refractivity contribution in [2.24, 2.45) is 0 Å². The summed E-state index contributed by atoms with van der Waals surface area (Å²) < 4.78 is 5.29. The molecule has 0 fully saturated rings. The van der Waals surface area contributed by atoms with Gasteiger partial charge in [-0.15, -0.1) is 0 Å². The molecule has 5 rings (SSSR count). The van der Waals surface area contributed by atoms with Crippen molar-refractivity contribution in [3.63, 3.8) is 0 Å². The maximum absolute atomic E-state index is 5.29. The van der Waals surface area contributed by atoms with E-state index in [1.165, 1.54) is 0 Å². The van der Waals surface area contributed by atoms with Gasteiger partial charge in [0.2, 0.25) is 0 Å². The monoisotopic (exact) mass is 404 g/mol. The molecule has 0 spiro atoms. The summed E-state index contributed by atoms with van der Waals surface area (Å²) in [6.07, 6.45) is 5.48. The lowest BCUT2D eigenvalue weighted by molar-refractivity contribution is 0.415. The second kappa shape index (κ2) is 8.24. The topological polar surface area (TPSA) is 51.1 Å². The number of pyridine rings is 3. The van der Waals surface area contributed by atoms with E-state index in [2.05, 4.69) is 27.0 Å². The molecule has 0 aliphatic heterocycles. The Morgan fingerprint density at radius 1 is 0.677 bits per heavy atom. The van der Waals surface area contributed by atoms with E-state index in [4.69, 9.17) is 9.72 Å². The molecule has 0 saturated heterocycles. The van der Waals surface area contributed by atoms with Crippen LogP contribution >= 0.6 is 0 Å². The van der Waals surface area contributed by atoms with Crippen LogP contribution in [0.4, 0.5) is 17.3 Å². The van der Waals surface area contributed by atoms with Gasteiger partial charge in [-0.25, -0.2) is 9.97 Å². The molecule has 5 aromatic rings. The minimum atomic E-state index is 0.795. The summed E-state index contributed by atoms with van der Waals surface area (Å²) in [5.74, 6) is 2.42. The van der Waals surface area contributed by atoms with Crippen LogP contribution in [0.15, 0.2) is 104 Å². The van der Waals surface area contributed by atoms with Crippen LogP contribution in [0, 0.1) is 0 Å². The first kappa shape index (κ1) is 18.8. The van der Waals surface area contributed by atoms with Crippen LogP contribution < -0.4 is 9.64 Å². The van der Waals surface area contributed by atoms with Crippen molar-refractivity contribution in [3.05, 3.63) is 104 Å². The first-order valence-electron chi connectivity index (χ1n) is 9.99. The van der Waals surface area contributed by atoms with Gasteiger partial charge in [0.1, 0.15) is 17.4 Å². The predicted molar refractivity (Wildman–Crippen MR) is 124 cm³/mol. The number of fused-ring (bicyclic) bond motifs is 1. The quantitative estimate of drug-likeness (QED) is 0.351. The smallest absolute Gasteiger partial charge is 0.138 e. The summed E-state index contributed by atoms with van der Waals surface area (Å²) in [7, 11) is 1.67. The Morgan fingerprint density at radius 2 is 1.39 bits per heavy atom. The Hall–Kier alpha value is -4.25. The van der Waals surface area contributed by atoms with Gasteiger partial charge in [-0.3, -0.25) is 9.88 Å². The Balaban J connectivity index is 1.70. The number of benzene rings is 2. The molecular formula is C26H20N4O. The third-order valence-electron chi connectivity index (χ3n) is 5.12. The van der Waals surface area contributed by atoms with Gasteiger partial charge >= 0.3 is 0 Å². The Labute approximate surface area is 180 Å². The van der Waals surface area contributed by atoms with Crippen molar-refractivity contribution in [1.82, 2.24) is 15.0 Å². The molecule has 0 aliphatic carbocycles. The number of aromatic nitrogens is 3. The average molecular weight is 404 g/mol. The zero-order valence-corrected chi connectivity index (χ0v) is 17.0. The van der Waals surface area contributed by atoms with Gasteiger partial charge in [-0.2, -0.15) is 0 Å². The number of nitrogens with zero attached hydrogens (tertiary/aromatic N) is 4. The summed E-state index contributed by atoms with van der Waals surface area (Å²) in [5, 5.41) is 1.02. The van der Waals surface area contributed by atoms with E-state index in [1.807, 2.05) is 79.0 Å². The number of methoxy groups -OCH3 is 1. The summed E-state index contributed by atoms with van der Waals surface area (Å²) in [5.41, 5.74) is 3.99. The van der Waals surface area contributed by atoms with E-state index in [0.29, 0.717) is 0 Å². The van der Waals surface area contributed by atoms with Crippen molar-refractivity contribution in [1.29, 1.82) is 0 Å². The third-order valence-corrected chi connectivity index (χ3v) is 5.12. The summed E-state index contributed by atoms with van der Waals surface area (Å²) in [6, 6.07) is 28.0. The molecule has 0 bridgehead atoms. The van der Waals surface area contributed by atoms with Gasteiger partial charge in [-0.1, -0.05) is 30.3 Å². The second-order valence-electron chi connectivity index (χ2n) is 7.01. The van der Waals surface area contributed by atoms with E-state index in [9.17, 15) is 0 Å². The minimum Gasteiger partial charge on any atom is -0.497 e. The lowest BCUT2D eigenvalue weighted by Crippen LogP contribution is -2.13. The zero-order valence-electron chi connectivity index (χ0n) is 17.0. The normalized spacial score (nSPS) is 10.7. The fraction of sp³-hybridized carbons (Fsp3) is 0.0385. The van der Waals surface area contributed by atoms with Crippen LogP contribution in [0.5, 0.6) is 5.75 Å². The SMILES string of the molecule is COc1ccc(-c2cnc3cccc(N(c4ccccn4)c4ccccn4)c3c2)cc1. The predicted octanol–water partition coefficient (Wildman–Crippen LogP) is 6.17. The highest BCUT2D eigenvalue weighted by molar-refractivity contribution is 5.98. The van der Waals surface area contributed by atoms with Gasteiger partial charge < -0.3 is 4.74 Å². The highest BCUT2D eigenvalue weighted by Crippen LogP contribution is 2.37. The number of rotatable bonds is 5. The van der Waals surface area contributed by atoms with E-state index in [0.717, 1.165) is 45.1 Å². The minimum absolute atomic E-state index is 0.795. The van der Waals surface area contributed by atoms with Crippen molar-refractivity contribution in [2.75, 3.05) is 12.0 Å². The molecule has 0 atom stereocenters. The molecule has 0 aliphatic rings. The van der Waals surface area contributed by atoms with E-state index in [-0.39, 0.29) is 0 Å². The fourth-order valence-corrected chi connectivity index (χ4v) is 3.61. The largest absolute Gasteiger partial charge is 0.497 e. The number of ether oxygens (including phenoxy) is 1. The highest BCUT2D eigenvalue weighted by atomic mass is 16.5. The van der Waals surface area contributed by atoms with Gasteiger partial charge in [-0.05, 0) is 60.2 Å². The Bertz CT molecular complexity index is 1270. The van der Waals surface area contributed by atoms with Gasteiger partial charge in [0.05, 0.1) is 18.3 Å². The zero-order chi connectivity index (χ0) is 21.0. The van der Waals surface area contributed by atoms with Crippen molar-refractivity contribution in [3.8, 4) is 16.9 Å². The number of hydrogen-bond acceptors (Lipinski definition) is 5. The van der Waals surface area contributed by atoms with Gasteiger partial charge in [0, 0.05) is 29.5 Å². The fourth-order valence-electron chi connectivity index (χ4n) is 3.61. The van der Waals surface area contributed by atoms with E-state index >= 15 is 0 Å². The first-order chi connectivity index (χ1) is 15.3. The standard InChI is InChI=1S/C26H20N4O/c1-31-21-13-11-19(12-14-21)20-17-22-23(29-18-20)7-6-8-24(22)30(25-9-2-4-15-27-25)26-10-3-5-16-28-26/h2-18H,1H3. The van der Waals surface area contributed by atoms with Crippen LogP contribution in [0.25, 0.3) is 22.0 Å². The first-order valence-corrected chi connectivity index (χ1v) is 9.99. The van der Waals surface area contributed by atoms with Crippen LogP contribution in [-0.4, -0.2) is 22.1 Å². The van der Waals surface area contributed by atoms with Crippen molar-refractivity contribution < 1.29 is 4.74 Å². The summed E-state index contributed by atoms with van der Waals surface area (Å²) in [6.45, 7) is 0. The summed E-state index contributed by atoms with van der Waals surface area (Å²) >= 11 is 0. The molecule has 150 valence electrons. The van der Waals surface area contributed by atoms with Gasteiger partial charge in [0.15, 0.2) is 0 Å². The maximum Gasteiger partial charge on any atom is 0.138 e. The Kier molecular flexibility index (Phi) is 4.99. The molecule has 2 aromatic carbocycles. The lowest BCUT2D eigenvalue weighted by atomic mass is 10.0. The van der Waals surface area contributed by atoms with Crippen LogP contribution in [0.1, 0.15) is 0 Å². The van der Waals surface area contributed by atoms with Gasteiger partial charge in [0.25, 0.3) is 0 Å². The average Bonchev–Trinajstić information content (AvgIpc) is 2.85. The molecule has 3 aromatic heterocycles. The molecule has 31 heavy (non-hydrogen) atoms. The molecule has 0 unspecified atom stereocenters. The van der Waals surface area contributed by atoms with Crippen LogP contribution in [0.3, 0.4) is 0 Å². The molecule has 0 saturated carbocycles. The molecule has 5 heteroatoms. The van der Waals surface area contributed by atoms with Crippen LogP contribution in [0.2, 0.25) is 0 Å².